The minimum atomic E-state index is -4.49. The fraction of sp³-hybridized carbons (Fsp3) is 0.107. The van der Waals surface area contributed by atoms with Crippen molar-refractivity contribution < 1.29 is 26.3 Å². The maximum Gasteiger partial charge on any atom is 0.416 e. The van der Waals surface area contributed by atoms with Gasteiger partial charge in [0.05, 0.1) is 40.7 Å². The van der Waals surface area contributed by atoms with Crippen molar-refractivity contribution in [2.45, 2.75) is 18.0 Å². The number of nitrogens with one attached hydrogen (secondary N) is 1. The molecule has 0 saturated heterocycles. The third-order valence-electron chi connectivity index (χ3n) is 6.11. The molecule has 0 bridgehead atoms. The Morgan fingerprint density at radius 1 is 0.925 bits per heavy atom. The molecule has 8 nitrogen and oxygen atoms in total. The van der Waals surface area contributed by atoms with Gasteiger partial charge in [0.1, 0.15) is 5.75 Å². The molecule has 0 aliphatic heterocycles. The van der Waals surface area contributed by atoms with Crippen LogP contribution in [0, 0.1) is 6.92 Å². The van der Waals surface area contributed by atoms with Crippen LogP contribution in [0.3, 0.4) is 0 Å². The molecule has 40 heavy (non-hydrogen) atoms. The van der Waals surface area contributed by atoms with E-state index >= 15 is 0 Å². The Kier molecular flexibility index (Phi) is 6.80. The first-order valence-corrected chi connectivity index (χ1v) is 13.3. The molecule has 5 rings (SSSR count). The smallest absolute Gasteiger partial charge is 0.416 e. The number of alkyl halides is 3. The lowest BCUT2D eigenvalue weighted by molar-refractivity contribution is -0.137. The Hall–Kier alpha value is -4.71. The van der Waals surface area contributed by atoms with E-state index in [0.29, 0.717) is 33.4 Å². The molecule has 204 valence electrons. The van der Waals surface area contributed by atoms with Crippen LogP contribution in [-0.2, 0) is 16.2 Å². The van der Waals surface area contributed by atoms with Gasteiger partial charge in [0.25, 0.3) is 15.6 Å². The van der Waals surface area contributed by atoms with Gasteiger partial charge in [-0.05, 0) is 66.6 Å². The fourth-order valence-electron chi connectivity index (χ4n) is 4.27. The van der Waals surface area contributed by atoms with Crippen molar-refractivity contribution >= 4 is 26.7 Å². The summed E-state index contributed by atoms with van der Waals surface area (Å²) in [7, 11) is -2.63. The number of ether oxygens (including phenoxy) is 1. The molecule has 1 N–H and O–H groups in total. The van der Waals surface area contributed by atoms with Gasteiger partial charge in [0.15, 0.2) is 5.82 Å². The number of halogens is 3. The van der Waals surface area contributed by atoms with Crippen LogP contribution >= 0.6 is 0 Å². The van der Waals surface area contributed by atoms with Gasteiger partial charge >= 0.3 is 6.18 Å². The summed E-state index contributed by atoms with van der Waals surface area (Å²) < 4.78 is 74.9. The monoisotopic (exact) mass is 566 g/mol. The second-order valence-corrected chi connectivity index (χ2v) is 10.5. The van der Waals surface area contributed by atoms with Crippen LogP contribution in [0.4, 0.5) is 19.0 Å². The van der Waals surface area contributed by atoms with Crippen molar-refractivity contribution in [2.75, 3.05) is 11.8 Å². The van der Waals surface area contributed by atoms with Gasteiger partial charge in [0.2, 0.25) is 0 Å². The lowest BCUT2D eigenvalue weighted by Crippen LogP contribution is -2.19. The van der Waals surface area contributed by atoms with Crippen molar-refractivity contribution in [3.05, 3.63) is 107 Å². The molecule has 2 aromatic heterocycles. The van der Waals surface area contributed by atoms with Gasteiger partial charge in [-0.3, -0.25) is 19.1 Å². The predicted octanol–water partition coefficient (Wildman–Crippen LogP) is 5.58. The number of aromatic nitrogens is 3. The number of benzene rings is 3. The van der Waals surface area contributed by atoms with Crippen molar-refractivity contribution in [2.24, 2.45) is 0 Å². The summed E-state index contributed by atoms with van der Waals surface area (Å²) in [6.45, 7) is 1.68. The van der Waals surface area contributed by atoms with E-state index in [0.717, 1.165) is 12.1 Å². The summed E-state index contributed by atoms with van der Waals surface area (Å²) in [5.74, 6) is 0.302. The molecule has 0 amide bonds. The second kappa shape index (κ2) is 10.1. The van der Waals surface area contributed by atoms with Gasteiger partial charge in [-0.25, -0.2) is 13.4 Å². The van der Waals surface area contributed by atoms with Crippen molar-refractivity contribution in [3.8, 4) is 22.6 Å². The third-order valence-corrected chi connectivity index (χ3v) is 7.47. The highest BCUT2D eigenvalue weighted by atomic mass is 32.2. The summed E-state index contributed by atoms with van der Waals surface area (Å²) in [5.41, 5.74) is 0.846. The van der Waals surface area contributed by atoms with E-state index in [9.17, 15) is 26.4 Å². The van der Waals surface area contributed by atoms with Crippen LogP contribution in [0.25, 0.3) is 27.7 Å². The third kappa shape index (κ3) is 5.25. The molecule has 0 aliphatic carbocycles. The number of hydrogen-bond acceptors (Lipinski definition) is 6. The number of rotatable bonds is 6. The van der Waals surface area contributed by atoms with Crippen LogP contribution in [-0.4, -0.2) is 30.1 Å². The summed E-state index contributed by atoms with van der Waals surface area (Å²) in [5, 5.41) is 0.446. The van der Waals surface area contributed by atoms with Crippen LogP contribution in [0.2, 0.25) is 0 Å². The summed E-state index contributed by atoms with van der Waals surface area (Å²) in [4.78, 5) is 21.0. The molecule has 3 aromatic carbocycles. The Morgan fingerprint density at radius 3 is 2.42 bits per heavy atom. The zero-order valence-electron chi connectivity index (χ0n) is 21.1. The van der Waals surface area contributed by atoms with Crippen molar-refractivity contribution in [3.63, 3.8) is 0 Å². The Balaban J connectivity index is 1.57. The highest BCUT2D eigenvalue weighted by molar-refractivity contribution is 7.92. The quantitative estimate of drug-likeness (QED) is 0.288. The molecule has 0 fully saturated rings. The van der Waals surface area contributed by atoms with Crippen molar-refractivity contribution in [1.29, 1.82) is 0 Å². The topological polar surface area (TPSA) is 103 Å². The Morgan fingerprint density at radius 2 is 1.70 bits per heavy atom. The lowest BCUT2D eigenvalue weighted by Gasteiger charge is -2.16. The standard InChI is InChI=1S/C28H21F3N4O4S/c1-17-15-32-16-26(33-17)34-40(37,38)22-8-10-23-20(13-22)7-11-27(36)35(23)24-9-6-19(14-25(24)39-2)18-4-3-5-21(12-18)28(29,30)31/h3-16H,1-2H3,(H,33,34). The first-order valence-electron chi connectivity index (χ1n) is 11.8. The molecule has 0 spiro atoms. The number of sulfonamides is 1. The van der Waals surface area contributed by atoms with Gasteiger partial charge in [-0.2, -0.15) is 13.2 Å². The normalized spacial score (nSPS) is 11.9. The van der Waals surface area contributed by atoms with E-state index < -0.39 is 27.3 Å². The molecule has 12 heteroatoms. The largest absolute Gasteiger partial charge is 0.495 e. The van der Waals surface area contributed by atoms with Crippen LogP contribution in [0.5, 0.6) is 5.75 Å². The Labute approximate surface area is 226 Å². The lowest BCUT2D eigenvalue weighted by atomic mass is 10.0. The highest BCUT2D eigenvalue weighted by Crippen LogP contribution is 2.35. The minimum Gasteiger partial charge on any atom is -0.495 e. The van der Waals surface area contributed by atoms with E-state index in [4.69, 9.17) is 4.74 Å². The molecule has 0 atom stereocenters. The van der Waals surface area contributed by atoms with Gasteiger partial charge in [0, 0.05) is 17.6 Å². The maximum absolute atomic E-state index is 13.2. The number of fused-ring (bicyclic) bond motifs is 1. The number of pyridine rings is 1. The molecular weight excluding hydrogens is 545 g/mol. The van der Waals surface area contributed by atoms with E-state index in [1.165, 1.54) is 60.5 Å². The molecule has 0 saturated carbocycles. The van der Waals surface area contributed by atoms with Crippen LogP contribution in [0.1, 0.15) is 11.3 Å². The number of methoxy groups -OCH3 is 1. The van der Waals surface area contributed by atoms with E-state index in [1.54, 1.807) is 31.2 Å². The van der Waals surface area contributed by atoms with Crippen LogP contribution in [0.15, 0.2) is 94.9 Å². The zero-order chi connectivity index (χ0) is 28.7. The van der Waals surface area contributed by atoms with E-state index in [2.05, 4.69) is 14.7 Å². The molecular formula is C28H21F3N4O4S. The minimum absolute atomic E-state index is 0.0552. The van der Waals surface area contributed by atoms with Gasteiger partial charge < -0.3 is 4.74 Å². The number of anilines is 1. The number of hydrogen-bond donors (Lipinski definition) is 1. The van der Waals surface area contributed by atoms with E-state index in [-0.39, 0.29) is 16.5 Å². The van der Waals surface area contributed by atoms with Crippen molar-refractivity contribution in [1.82, 2.24) is 14.5 Å². The SMILES string of the molecule is COc1cc(-c2cccc(C(F)(F)F)c2)ccc1-n1c(=O)ccc2cc(S(=O)(=O)Nc3cncc(C)n3)ccc21. The fourth-order valence-corrected chi connectivity index (χ4v) is 5.29. The molecule has 0 radical (unpaired) electrons. The van der Waals surface area contributed by atoms with E-state index in [1.807, 2.05) is 0 Å². The average Bonchev–Trinajstić information content (AvgIpc) is 2.92. The summed E-state index contributed by atoms with van der Waals surface area (Å²) in [6.07, 6.45) is -1.71. The predicted molar refractivity (Wildman–Crippen MR) is 144 cm³/mol. The maximum atomic E-state index is 13.2. The average molecular weight is 567 g/mol. The molecule has 5 aromatic rings. The highest BCUT2D eigenvalue weighted by Gasteiger charge is 2.30. The van der Waals surface area contributed by atoms with Crippen LogP contribution < -0.4 is 15.0 Å². The summed E-state index contributed by atoms with van der Waals surface area (Å²) >= 11 is 0. The zero-order valence-corrected chi connectivity index (χ0v) is 21.9. The molecule has 2 heterocycles. The van der Waals surface area contributed by atoms with Gasteiger partial charge in [-0.1, -0.05) is 18.2 Å². The first kappa shape index (κ1) is 26.9. The molecule has 0 unspecified atom stereocenters. The Bertz CT molecular complexity index is 1920. The number of aryl methyl sites for hydroxylation is 1. The second-order valence-electron chi connectivity index (χ2n) is 8.84. The first-order chi connectivity index (χ1) is 19.0. The van der Waals surface area contributed by atoms with Gasteiger partial charge in [-0.15, -0.1) is 0 Å². The molecule has 0 aliphatic rings. The summed E-state index contributed by atoms with van der Waals surface area (Å²) in [6, 6.07) is 16.7. The number of nitrogens with zero attached hydrogens (tertiary/aromatic N) is 3.